The normalized spacial score (nSPS) is 26.1. The lowest BCUT2D eigenvalue weighted by atomic mass is 10.1. The third kappa shape index (κ3) is 2.77. The second-order valence-corrected chi connectivity index (χ2v) is 4.31. The van der Waals surface area contributed by atoms with Crippen LogP contribution in [0.25, 0.3) is 0 Å². The largest absolute Gasteiger partial charge is 0.292 e. The molecule has 1 saturated heterocycles. The van der Waals surface area contributed by atoms with Crippen molar-refractivity contribution in [1.29, 1.82) is 0 Å². The van der Waals surface area contributed by atoms with Crippen molar-refractivity contribution in [3.05, 3.63) is 0 Å². The van der Waals surface area contributed by atoms with Crippen molar-refractivity contribution in [3.63, 3.8) is 0 Å². The molecular formula is C8H15N2OS. The summed E-state index contributed by atoms with van der Waals surface area (Å²) in [5, 5.41) is 6.46. The van der Waals surface area contributed by atoms with Gasteiger partial charge in [-0.3, -0.25) is 15.4 Å². The van der Waals surface area contributed by atoms with E-state index >= 15 is 0 Å². The standard InChI is InChI=1S/C8H15N2OS/c1-6(2)7(3-11)10-8-4-12-5-9-8/h6-10H,4-5H2,1-2H3. The minimum absolute atomic E-state index is 0.138. The van der Waals surface area contributed by atoms with Gasteiger partial charge in [0.15, 0.2) is 0 Å². The fourth-order valence-electron chi connectivity index (χ4n) is 1.08. The molecule has 4 heteroatoms. The van der Waals surface area contributed by atoms with Gasteiger partial charge < -0.3 is 0 Å². The van der Waals surface area contributed by atoms with Crippen LogP contribution in [0.5, 0.6) is 0 Å². The van der Waals surface area contributed by atoms with Crippen molar-refractivity contribution in [2.75, 3.05) is 11.6 Å². The summed E-state index contributed by atoms with van der Waals surface area (Å²) in [5.74, 6) is 2.32. The van der Waals surface area contributed by atoms with E-state index in [1.54, 1.807) is 0 Å². The van der Waals surface area contributed by atoms with Crippen LogP contribution in [0.1, 0.15) is 13.8 Å². The van der Waals surface area contributed by atoms with Gasteiger partial charge in [0.2, 0.25) is 6.29 Å². The van der Waals surface area contributed by atoms with Crippen molar-refractivity contribution < 1.29 is 4.79 Å². The van der Waals surface area contributed by atoms with E-state index in [-0.39, 0.29) is 12.2 Å². The van der Waals surface area contributed by atoms with Gasteiger partial charge in [-0.1, -0.05) is 13.8 Å². The van der Waals surface area contributed by atoms with Gasteiger partial charge in [0.1, 0.15) is 0 Å². The summed E-state index contributed by atoms with van der Waals surface area (Å²) in [6.07, 6.45) is 2.30. The highest BCUT2D eigenvalue weighted by Crippen LogP contribution is 2.09. The first-order chi connectivity index (χ1) is 5.74. The van der Waals surface area contributed by atoms with Crippen LogP contribution >= 0.6 is 11.8 Å². The van der Waals surface area contributed by atoms with Crippen molar-refractivity contribution in [2.24, 2.45) is 5.92 Å². The third-order valence-electron chi connectivity index (χ3n) is 1.89. The number of nitrogens with one attached hydrogen (secondary N) is 2. The molecule has 0 aliphatic carbocycles. The molecular weight excluding hydrogens is 172 g/mol. The molecule has 1 heterocycles. The molecule has 1 aliphatic heterocycles. The number of carbonyl (C=O) groups excluding carboxylic acids is 1. The first-order valence-electron chi connectivity index (χ1n) is 4.19. The zero-order valence-electron chi connectivity index (χ0n) is 7.46. The molecule has 1 aliphatic rings. The second-order valence-electron chi connectivity index (χ2n) is 3.28. The SMILES string of the molecule is CC(C)C([C]=O)NC1CSCN1. The van der Waals surface area contributed by atoms with Crippen LogP contribution in [0, 0.1) is 5.92 Å². The number of hydrogen-bond donors (Lipinski definition) is 2. The maximum atomic E-state index is 10.5. The van der Waals surface area contributed by atoms with Gasteiger partial charge in [-0.2, -0.15) is 0 Å². The van der Waals surface area contributed by atoms with E-state index in [9.17, 15) is 4.79 Å². The smallest absolute Gasteiger partial charge is 0.217 e. The molecule has 1 fully saturated rings. The maximum absolute atomic E-state index is 10.5. The van der Waals surface area contributed by atoms with Crippen LogP contribution in [0.2, 0.25) is 0 Å². The number of thioether (sulfide) groups is 1. The quantitative estimate of drug-likeness (QED) is 0.665. The van der Waals surface area contributed by atoms with Crippen molar-refractivity contribution >= 4 is 18.0 Å². The molecule has 0 bridgehead atoms. The van der Waals surface area contributed by atoms with Crippen molar-refractivity contribution in [2.45, 2.75) is 26.1 Å². The molecule has 2 unspecified atom stereocenters. The molecule has 0 spiro atoms. The summed E-state index contributed by atoms with van der Waals surface area (Å²) in [5.41, 5.74) is 0. The Bertz CT molecular complexity index is 146. The summed E-state index contributed by atoms with van der Waals surface area (Å²) in [7, 11) is 0. The lowest BCUT2D eigenvalue weighted by Gasteiger charge is -2.19. The molecule has 0 amide bonds. The molecule has 3 nitrogen and oxygen atoms in total. The van der Waals surface area contributed by atoms with E-state index in [0.29, 0.717) is 5.92 Å². The Morgan fingerprint density at radius 3 is 2.83 bits per heavy atom. The Labute approximate surface area is 77.7 Å². The first kappa shape index (κ1) is 10.0. The fourth-order valence-corrected chi connectivity index (χ4v) is 1.97. The highest BCUT2D eigenvalue weighted by molar-refractivity contribution is 7.99. The summed E-state index contributed by atoms with van der Waals surface area (Å²) in [6, 6.07) is -0.138. The van der Waals surface area contributed by atoms with Gasteiger partial charge >= 0.3 is 0 Å². The molecule has 2 atom stereocenters. The Morgan fingerprint density at radius 2 is 2.42 bits per heavy atom. The lowest BCUT2D eigenvalue weighted by Crippen LogP contribution is -2.48. The van der Waals surface area contributed by atoms with Crippen LogP contribution < -0.4 is 10.6 Å². The topological polar surface area (TPSA) is 41.1 Å². The van der Waals surface area contributed by atoms with E-state index in [4.69, 9.17) is 0 Å². The molecule has 69 valence electrons. The van der Waals surface area contributed by atoms with E-state index in [1.165, 1.54) is 0 Å². The molecule has 0 aromatic heterocycles. The van der Waals surface area contributed by atoms with Gasteiger partial charge in [0.25, 0.3) is 0 Å². The van der Waals surface area contributed by atoms with E-state index < -0.39 is 0 Å². The molecule has 0 aromatic carbocycles. The minimum atomic E-state index is -0.138. The Hall–Kier alpha value is -0.0600. The predicted molar refractivity (Wildman–Crippen MR) is 51.7 cm³/mol. The Morgan fingerprint density at radius 1 is 1.67 bits per heavy atom. The van der Waals surface area contributed by atoms with Gasteiger partial charge in [-0.25, -0.2) is 0 Å². The maximum Gasteiger partial charge on any atom is 0.217 e. The zero-order valence-corrected chi connectivity index (χ0v) is 8.28. The first-order valence-corrected chi connectivity index (χ1v) is 5.34. The molecule has 1 rings (SSSR count). The van der Waals surface area contributed by atoms with Crippen LogP contribution in [-0.4, -0.2) is 30.1 Å². The summed E-state index contributed by atoms with van der Waals surface area (Å²) >= 11 is 1.84. The summed E-state index contributed by atoms with van der Waals surface area (Å²) in [4.78, 5) is 10.5. The van der Waals surface area contributed by atoms with E-state index in [2.05, 4.69) is 10.6 Å². The third-order valence-corrected chi connectivity index (χ3v) is 2.83. The van der Waals surface area contributed by atoms with Crippen LogP contribution in [-0.2, 0) is 4.79 Å². The molecule has 1 radical (unpaired) electrons. The summed E-state index contributed by atoms with van der Waals surface area (Å²) < 4.78 is 0. The highest BCUT2D eigenvalue weighted by Gasteiger charge is 2.20. The molecule has 0 saturated carbocycles. The van der Waals surface area contributed by atoms with Crippen molar-refractivity contribution in [1.82, 2.24) is 10.6 Å². The van der Waals surface area contributed by atoms with Gasteiger partial charge in [-0.15, -0.1) is 11.8 Å². The monoisotopic (exact) mass is 187 g/mol. The minimum Gasteiger partial charge on any atom is -0.292 e. The van der Waals surface area contributed by atoms with Gasteiger partial charge in [0, 0.05) is 11.6 Å². The van der Waals surface area contributed by atoms with Gasteiger partial charge in [0.05, 0.1) is 12.2 Å². The highest BCUT2D eigenvalue weighted by atomic mass is 32.2. The number of hydrogen-bond acceptors (Lipinski definition) is 4. The average Bonchev–Trinajstić information content (AvgIpc) is 2.51. The second kappa shape index (κ2) is 4.84. The summed E-state index contributed by atoms with van der Waals surface area (Å²) in [6.45, 7) is 4.04. The lowest BCUT2D eigenvalue weighted by molar-refractivity contribution is 0.394. The zero-order chi connectivity index (χ0) is 8.97. The fraction of sp³-hybridized carbons (Fsp3) is 0.875. The van der Waals surface area contributed by atoms with Crippen LogP contribution in [0.4, 0.5) is 0 Å². The molecule has 0 aromatic rings. The molecule has 12 heavy (non-hydrogen) atoms. The Balaban J connectivity index is 2.30. The Kier molecular flexibility index (Phi) is 4.05. The van der Waals surface area contributed by atoms with E-state index in [1.807, 2.05) is 31.9 Å². The van der Waals surface area contributed by atoms with Crippen LogP contribution in [0.3, 0.4) is 0 Å². The van der Waals surface area contributed by atoms with E-state index in [0.717, 1.165) is 11.6 Å². The van der Waals surface area contributed by atoms with Crippen molar-refractivity contribution in [3.8, 4) is 0 Å². The predicted octanol–water partition coefficient (Wildman–Crippen LogP) is 0.330. The van der Waals surface area contributed by atoms with Gasteiger partial charge in [-0.05, 0) is 5.92 Å². The molecule has 2 N–H and O–H groups in total. The number of rotatable bonds is 4. The van der Waals surface area contributed by atoms with Crippen LogP contribution in [0.15, 0.2) is 0 Å². The average molecular weight is 187 g/mol.